The minimum atomic E-state index is -0.514. The number of amides is 2. The van der Waals surface area contributed by atoms with Crippen molar-refractivity contribution in [1.29, 1.82) is 0 Å². The zero-order valence-electron chi connectivity index (χ0n) is 13.9. The molecule has 0 aromatic heterocycles. The van der Waals surface area contributed by atoms with E-state index in [1.54, 1.807) is 24.3 Å². The van der Waals surface area contributed by atoms with Gasteiger partial charge in [0, 0.05) is 26.6 Å². The van der Waals surface area contributed by atoms with E-state index in [9.17, 15) is 14.4 Å². The van der Waals surface area contributed by atoms with Gasteiger partial charge in [-0.1, -0.05) is 12.1 Å². The van der Waals surface area contributed by atoms with Gasteiger partial charge in [-0.3, -0.25) is 9.59 Å². The van der Waals surface area contributed by atoms with Gasteiger partial charge < -0.3 is 19.7 Å². The Balaban J connectivity index is 2.03. The van der Waals surface area contributed by atoms with E-state index in [0.29, 0.717) is 24.3 Å². The number of carbonyl (C=O) groups excluding carboxylic acids is 3. The van der Waals surface area contributed by atoms with E-state index in [-0.39, 0.29) is 24.9 Å². The predicted molar refractivity (Wildman–Crippen MR) is 87.8 cm³/mol. The van der Waals surface area contributed by atoms with Gasteiger partial charge in [0.25, 0.3) is 0 Å². The van der Waals surface area contributed by atoms with Crippen molar-refractivity contribution < 1.29 is 23.9 Å². The highest BCUT2D eigenvalue weighted by Gasteiger charge is 2.24. The van der Waals surface area contributed by atoms with Crippen molar-refractivity contribution in [1.82, 2.24) is 5.32 Å². The van der Waals surface area contributed by atoms with E-state index in [1.165, 1.54) is 18.9 Å². The van der Waals surface area contributed by atoms with Gasteiger partial charge in [-0.05, 0) is 25.0 Å². The first-order valence-corrected chi connectivity index (χ1v) is 7.89. The summed E-state index contributed by atoms with van der Waals surface area (Å²) in [6.07, 6.45) is 1.19. The zero-order valence-corrected chi connectivity index (χ0v) is 13.9. The van der Waals surface area contributed by atoms with Crippen LogP contribution in [0.4, 0.5) is 5.69 Å². The number of hydrogen-bond donors (Lipinski definition) is 1. The first-order valence-electron chi connectivity index (χ1n) is 7.89. The number of ether oxygens (including phenoxy) is 2. The summed E-state index contributed by atoms with van der Waals surface area (Å²) in [5.41, 5.74) is 0.767. The Hall–Kier alpha value is -2.41. The van der Waals surface area contributed by atoms with Crippen LogP contribution in [-0.2, 0) is 19.1 Å². The number of benzene rings is 1. The molecule has 2 amide bonds. The molecule has 1 aromatic rings. The molecule has 0 saturated carbocycles. The second-order valence-electron chi connectivity index (χ2n) is 5.47. The molecule has 1 atom stereocenters. The highest BCUT2D eigenvalue weighted by atomic mass is 16.5. The van der Waals surface area contributed by atoms with E-state index in [1.807, 2.05) is 0 Å². The molecule has 1 N–H and O–H groups in total. The van der Waals surface area contributed by atoms with Crippen LogP contribution in [0.15, 0.2) is 24.3 Å². The number of anilines is 1. The van der Waals surface area contributed by atoms with Gasteiger partial charge in [-0.25, -0.2) is 4.79 Å². The Kier molecular flexibility index (Phi) is 6.31. The van der Waals surface area contributed by atoms with Gasteiger partial charge in [0.15, 0.2) is 0 Å². The Morgan fingerprint density at radius 3 is 2.71 bits per heavy atom. The second-order valence-corrected chi connectivity index (χ2v) is 5.47. The number of rotatable bonds is 6. The van der Waals surface area contributed by atoms with Crippen LogP contribution >= 0.6 is 0 Å². The monoisotopic (exact) mass is 334 g/mol. The average Bonchev–Trinajstić information content (AvgIpc) is 3.12. The van der Waals surface area contributed by atoms with E-state index < -0.39 is 12.1 Å². The number of para-hydroxylation sites is 1. The van der Waals surface area contributed by atoms with Crippen molar-refractivity contribution >= 4 is 23.5 Å². The summed E-state index contributed by atoms with van der Waals surface area (Å²) in [6.45, 7) is 2.54. The molecule has 0 spiro atoms. The summed E-state index contributed by atoms with van der Waals surface area (Å²) in [6, 6.07) is 6.72. The van der Waals surface area contributed by atoms with Gasteiger partial charge in [0.05, 0.1) is 18.4 Å². The summed E-state index contributed by atoms with van der Waals surface area (Å²) in [4.78, 5) is 37.2. The standard InChI is InChI=1S/C17H22N2O5/c1-12(20)19(10-9-18-16(21)15-8-5-11-24-15)14-7-4-3-6-13(14)17(22)23-2/h3-4,6-7,15H,5,8-11H2,1-2H3,(H,18,21). The fourth-order valence-electron chi connectivity index (χ4n) is 2.63. The van der Waals surface area contributed by atoms with Crippen molar-refractivity contribution in [2.75, 3.05) is 31.7 Å². The molecule has 1 unspecified atom stereocenters. The molecule has 7 nitrogen and oxygen atoms in total. The first-order chi connectivity index (χ1) is 11.5. The topological polar surface area (TPSA) is 84.9 Å². The van der Waals surface area contributed by atoms with Gasteiger partial charge in [0.2, 0.25) is 11.8 Å². The molecule has 24 heavy (non-hydrogen) atoms. The minimum Gasteiger partial charge on any atom is -0.465 e. The van der Waals surface area contributed by atoms with Gasteiger partial charge in [0.1, 0.15) is 6.10 Å². The van der Waals surface area contributed by atoms with E-state index in [4.69, 9.17) is 9.47 Å². The van der Waals surface area contributed by atoms with E-state index in [0.717, 1.165) is 6.42 Å². The Morgan fingerprint density at radius 1 is 1.33 bits per heavy atom. The van der Waals surface area contributed by atoms with Crippen molar-refractivity contribution in [3.8, 4) is 0 Å². The lowest BCUT2D eigenvalue weighted by atomic mass is 10.1. The maximum atomic E-state index is 12.0. The first kappa shape index (κ1) is 17.9. The van der Waals surface area contributed by atoms with Crippen LogP contribution in [0.5, 0.6) is 0 Å². The zero-order chi connectivity index (χ0) is 17.5. The molecule has 1 aliphatic heterocycles. The third-order valence-corrected chi connectivity index (χ3v) is 3.84. The molecule has 7 heteroatoms. The summed E-state index contributed by atoms with van der Waals surface area (Å²) in [7, 11) is 1.29. The molecule has 2 rings (SSSR count). The van der Waals surface area contributed by atoms with Crippen LogP contribution < -0.4 is 10.2 Å². The average molecular weight is 334 g/mol. The number of methoxy groups -OCH3 is 1. The Bertz CT molecular complexity index is 611. The van der Waals surface area contributed by atoms with Gasteiger partial charge in [-0.15, -0.1) is 0 Å². The maximum Gasteiger partial charge on any atom is 0.339 e. The van der Waals surface area contributed by atoms with Crippen molar-refractivity contribution in [3.05, 3.63) is 29.8 Å². The summed E-state index contributed by atoms with van der Waals surface area (Å²) < 4.78 is 10.1. The molecular weight excluding hydrogens is 312 g/mol. The van der Waals surface area contributed by atoms with Gasteiger partial charge >= 0.3 is 5.97 Å². The summed E-state index contributed by atoms with van der Waals surface area (Å²) in [5, 5.41) is 2.77. The minimum absolute atomic E-state index is 0.169. The van der Waals surface area contributed by atoms with E-state index in [2.05, 4.69) is 5.32 Å². The smallest absolute Gasteiger partial charge is 0.339 e. The molecule has 0 radical (unpaired) electrons. The fourth-order valence-corrected chi connectivity index (χ4v) is 2.63. The third-order valence-electron chi connectivity index (χ3n) is 3.84. The normalized spacial score (nSPS) is 16.5. The summed E-state index contributed by atoms with van der Waals surface area (Å²) in [5.74, 6) is -0.907. The molecule has 1 aromatic carbocycles. The van der Waals surface area contributed by atoms with Crippen LogP contribution in [0.1, 0.15) is 30.1 Å². The van der Waals surface area contributed by atoms with Crippen LogP contribution in [0.25, 0.3) is 0 Å². The SMILES string of the molecule is COC(=O)c1ccccc1N(CCNC(=O)C1CCCO1)C(C)=O. The van der Waals surface area contributed by atoms with Crippen molar-refractivity contribution in [3.63, 3.8) is 0 Å². The molecule has 1 saturated heterocycles. The number of carbonyl (C=O) groups is 3. The number of nitrogens with zero attached hydrogens (tertiary/aromatic N) is 1. The molecule has 130 valence electrons. The number of esters is 1. The molecule has 1 fully saturated rings. The fraction of sp³-hybridized carbons (Fsp3) is 0.471. The lowest BCUT2D eigenvalue weighted by Crippen LogP contribution is -2.41. The van der Waals surface area contributed by atoms with Crippen molar-refractivity contribution in [2.24, 2.45) is 0 Å². The highest BCUT2D eigenvalue weighted by Crippen LogP contribution is 2.21. The third kappa shape index (κ3) is 4.32. The second kappa shape index (κ2) is 8.44. The maximum absolute atomic E-state index is 12.0. The summed E-state index contributed by atoms with van der Waals surface area (Å²) >= 11 is 0. The Labute approximate surface area is 140 Å². The molecule has 1 aliphatic rings. The molecular formula is C17H22N2O5. The van der Waals surface area contributed by atoms with Crippen LogP contribution in [0.2, 0.25) is 0 Å². The van der Waals surface area contributed by atoms with Crippen LogP contribution in [-0.4, -0.2) is 50.7 Å². The molecule has 0 bridgehead atoms. The predicted octanol–water partition coefficient (Wildman–Crippen LogP) is 1.12. The van der Waals surface area contributed by atoms with Crippen LogP contribution in [0, 0.1) is 0 Å². The molecule has 1 heterocycles. The number of nitrogens with one attached hydrogen (secondary N) is 1. The van der Waals surface area contributed by atoms with Gasteiger partial charge in [-0.2, -0.15) is 0 Å². The lowest BCUT2D eigenvalue weighted by molar-refractivity contribution is -0.130. The lowest BCUT2D eigenvalue weighted by Gasteiger charge is -2.23. The largest absolute Gasteiger partial charge is 0.465 e. The van der Waals surface area contributed by atoms with Crippen LogP contribution in [0.3, 0.4) is 0 Å². The number of hydrogen-bond acceptors (Lipinski definition) is 5. The van der Waals surface area contributed by atoms with E-state index >= 15 is 0 Å². The molecule has 0 aliphatic carbocycles. The Morgan fingerprint density at radius 2 is 2.08 bits per heavy atom. The van der Waals surface area contributed by atoms with Crippen molar-refractivity contribution in [2.45, 2.75) is 25.9 Å². The quantitative estimate of drug-likeness (QED) is 0.788. The highest BCUT2D eigenvalue weighted by molar-refractivity contribution is 6.01.